The van der Waals surface area contributed by atoms with Gasteiger partial charge in [-0.1, -0.05) is 0 Å². The second-order valence-electron chi connectivity index (χ2n) is 7.61. The van der Waals surface area contributed by atoms with Crippen molar-refractivity contribution < 1.29 is 14.3 Å². The van der Waals surface area contributed by atoms with Crippen LogP contribution in [0, 0.1) is 5.92 Å². The number of nitrogens with zero attached hydrogens (tertiary/aromatic N) is 2. The minimum atomic E-state index is 0.110. The Morgan fingerprint density at radius 3 is 2.36 bits per heavy atom. The molecule has 1 atom stereocenters. The fourth-order valence-electron chi connectivity index (χ4n) is 3.96. The van der Waals surface area contributed by atoms with Crippen LogP contribution in [0.1, 0.15) is 46.4 Å². The first kappa shape index (κ1) is 19.0. The maximum atomic E-state index is 12.5. The lowest BCUT2D eigenvalue weighted by Gasteiger charge is -2.32. The predicted molar refractivity (Wildman–Crippen MR) is 110 cm³/mol. The summed E-state index contributed by atoms with van der Waals surface area (Å²) in [4.78, 5) is 28.8. The zero-order chi connectivity index (χ0) is 19.3. The van der Waals surface area contributed by atoms with Gasteiger partial charge >= 0.3 is 0 Å². The zero-order valence-electron chi connectivity index (χ0n) is 16.0. The highest BCUT2D eigenvalue weighted by Crippen LogP contribution is 2.22. The van der Waals surface area contributed by atoms with Crippen molar-refractivity contribution in [3.05, 3.63) is 52.2 Å². The first-order valence-electron chi connectivity index (χ1n) is 10.0. The SMILES string of the molecule is O=C(c1ccc(OCC2CCCN(C(=O)c3ccsc3)C2)cc1)N1CCCC1. The van der Waals surface area contributed by atoms with Crippen LogP contribution in [-0.2, 0) is 0 Å². The van der Waals surface area contributed by atoms with Gasteiger partial charge in [0.25, 0.3) is 11.8 Å². The molecule has 0 spiro atoms. The van der Waals surface area contributed by atoms with Gasteiger partial charge in [-0.15, -0.1) is 0 Å². The van der Waals surface area contributed by atoms with E-state index >= 15 is 0 Å². The molecule has 2 aromatic rings. The van der Waals surface area contributed by atoms with Crippen molar-refractivity contribution in [3.63, 3.8) is 0 Å². The summed E-state index contributed by atoms with van der Waals surface area (Å²) in [6.07, 6.45) is 4.27. The Bertz CT molecular complexity index is 798. The van der Waals surface area contributed by atoms with Gasteiger partial charge in [0, 0.05) is 43.0 Å². The predicted octanol–water partition coefficient (Wildman–Crippen LogP) is 3.92. The number of ether oxygens (including phenoxy) is 1. The molecule has 0 N–H and O–H groups in total. The number of amides is 2. The van der Waals surface area contributed by atoms with Crippen LogP contribution in [-0.4, -0.2) is 54.4 Å². The third-order valence-electron chi connectivity index (χ3n) is 5.55. The molecule has 1 aromatic carbocycles. The molecule has 2 amide bonds. The smallest absolute Gasteiger partial charge is 0.254 e. The van der Waals surface area contributed by atoms with E-state index in [0.717, 1.165) is 68.7 Å². The van der Waals surface area contributed by atoms with Gasteiger partial charge in [-0.05, 0) is 61.4 Å². The topological polar surface area (TPSA) is 49.9 Å². The monoisotopic (exact) mass is 398 g/mol. The van der Waals surface area contributed by atoms with Gasteiger partial charge in [-0.2, -0.15) is 11.3 Å². The molecule has 2 aliphatic rings. The lowest BCUT2D eigenvalue weighted by Crippen LogP contribution is -2.41. The number of thiophene rings is 1. The van der Waals surface area contributed by atoms with E-state index in [1.807, 2.05) is 50.9 Å². The van der Waals surface area contributed by atoms with E-state index in [4.69, 9.17) is 4.74 Å². The molecule has 28 heavy (non-hydrogen) atoms. The number of benzene rings is 1. The second kappa shape index (κ2) is 8.78. The summed E-state index contributed by atoms with van der Waals surface area (Å²) in [5.74, 6) is 1.34. The van der Waals surface area contributed by atoms with Gasteiger partial charge in [-0.25, -0.2) is 0 Å². The van der Waals surface area contributed by atoms with Gasteiger partial charge in [-0.3, -0.25) is 9.59 Å². The van der Waals surface area contributed by atoms with Gasteiger partial charge in [0.15, 0.2) is 0 Å². The third kappa shape index (κ3) is 4.38. The van der Waals surface area contributed by atoms with E-state index in [-0.39, 0.29) is 11.8 Å². The second-order valence-corrected chi connectivity index (χ2v) is 8.39. The van der Waals surface area contributed by atoms with Crippen LogP contribution in [0.4, 0.5) is 0 Å². The van der Waals surface area contributed by atoms with Crippen molar-refractivity contribution >= 4 is 23.2 Å². The van der Waals surface area contributed by atoms with Crippen molar-refractivity contribution in [1.29, 1.82) is 0 Å². The van der Waals surface area contributed by atoms with Crippen molar-refractivity contribution in [2.75, 3.05) is 32.8 Å². The number of piperidine rings is 1. The summed E-state index contributed by atoms with van der Waals surface area (Å²) in [5.41, 5.74) is 1.50. The van der Waals surface area contributed by atoms with Gasteiger partial charge in [0.1, 0.15) is 5.75 Å². The summed E-state index contributed by atoms with van der Waals surface area (Å²) in [5, 5.41) is 3.85. The van der Waals surface area contributed by atoms with Crippen LogP contribution in [0.2, 0.25) is 0 Å². The molecular weight excluding hydrogens is 372 g/mol. The van der Waals surface area contributed by atoms with Crippen LogP contribution < -0.4 is 4.74 Å². The van der Waals surface area contributed by atoms with Crippen LogP contribution in [0.15, 0.2) is 41.1 Å². The highest BCUT2D eigenvalue weighted by molar-refractivity contribution is 7.08. The fraction of sp³-hybridized carbons (Fsp3) is 0.455. The summed E-state index contributed by atoms with van der Waals surface area (Å²) in [7, 11) is 0. The molecule has 0 radical (unpaired) electrons. The number of hydrogen-bond donors (Lipinski definition) is 0. The molecule has 2 saturated heterocycles. The average Bonchev–Trinajstić information content (AvgIpc) is 3.46. The van der Waals surface area contributed by atoms with Crippen molar-refractivity contribution in [2.24, 2.45) is 5.92 Å². The van der Waals surface area contributed by atoms with E-state index in [2.05, 4.69) is 0 Å². The molecule has 1 aromatic heterocycles. The van der Waals surface area contributed by atoms with Crippen molar-refractivity contribution in [3.8, 4) is 5.75 Å². The maximum Gasteiger partial charge on any atom is 0.254 e. The molecule has 148 valence electrons. The number of carbonyl (C=O) groups is 2. The number of carbonyl (C=O) groups excluding carboxylic acids is 2. The highest BCUT2D eigenvalue weighted by atomic mass is 32.1. The minimum absolute atomic E-state index is 0.110. The molecule has 6 heteroatoms. The zero-order valence-corrected chi connectivity index (χ0v) is 16.8. The first-order valence-corrected chi connectivity index (χ1v) is 11.0. The third-order valence-corrected chi connectivity index (χ3v) is 6.24. The van der Waals surface area contributed by atoms with Crippen molar-refractivity contribution in [2.45, 2.75) is 25.7 Å². The molecule has 0 saturated carbocycles. The standard InChI is InChI=1S/C22H26N2O3S/c25-21(23-10-1-2-11-23)18-5-7-20(8-6-18)27-15-17-4-3-12-24(14-17)22(26)19-9-13-28-16-19/h5-9,13,16-17H,1-4,10-12,14-15H2. The van der Waals surface area contributed by atoms with E-state index in [9.17, 15) is 9.59 Å². The molecule has 0 bridgehead atoms. The molecule has 3 heterocycles. The molecule has 4 rings (SSSR count). The Balaban J connectivity index is 1.29. The Labute approximate surface area is 169 Å². The Hall–Kier alpha value is -2.34. The molecule has 1 unspecified atom stereocenters. The van der Waals surface area contributed by atoms with E-state index in [1.165, 1.54) is 0 Å². The lowest BCUT2D eigenvalue weighted by molar-refractivity contribution is 0.0634. The van der Waals surface area contributed by atoms with Crippen LogP contribution >= 0.6 is 11.3 Å². The Morgan fingerprint density at radius 2 is 1.64 bits per heavy atom. The summed E-state index contributed by atoms with van der Waals surface area (Å²) >= 11 is 1.55. The summed E-state index contributed by atoms with van der Waals surface area (Å²) in [6.45, 7) is 3.87. The van der Waals surface area contributed by atoms with E-state index in [1.54, 1.807) is 11.3 Å². The molecular formula is C22H26N2O3S. The van der Waals surface area contributed by atoms with Gasteiger partial charge < -0.3 is 14.5 Å². The first-order chi connectivity index (χ1) is 13.7. The number of likely N-dealkylation sites (tertiary alicyclic amines) is 2. The molecule has 2 fully saturated rings. The molecule has 0 aliphatic carbocycles. The van der Waals surface area contributed by atoms with Crippen LogP contribution in [0.25, 0.3) is 0 Å². The Morgan fingerprint density at radius 1 is 0.929 bits per heavy atom. The fourth-order valence-corrected chi connectivity index (χ4v) is 4.59. The lowest BCUT2D eigenvalue weighted by atomic mass is 9.98. The van der Waals surface area contributed by atoms with Gasteiger partial charge in [0.2, 0.25) is 0 Å². The maximum absolute atomic E-state index is 12.5. The van der Waals surface area contributed by atoms with Gasteiger partial charge in [0.05, 0.1) is 12.2 Å². The normalized spacial score (nSPS) is 19.6. The highest BCUT2D eigenvalue weighted by Gasteiger charge is 2.25. The Kier molecular flexibility index (Phi) is 5.95. The largest absolute Gasteiger partial charge is 0.493 e. The van der Waals surface area contributed by atoms with E-state index in [0.29, 0.717) is 12.5 Å². The quantitative estimate of drug-likeness (QED) is 0.767. The van der Waals surface area contributed by atoms with E-state index < -0.39 is 0 Å². The summed E-state index contributed by atoms with van der Waals surface area (Å²) < 4.78 is 5.96. The van der Waals surface area contributed by atoms with Crippen LogP contribution in [0.5, 0.6) is 5.75 Å². The number of hydrogen-bond acceptors (Lipinski definition) is 4. The van der Waals surface area contributed by atoms with Crippen molar-refractivity contribution in [1.82, 2.24) is 9.80 Å². The molecule has 2 aliphatic heterocycles. The number of rotatable bonds is 5. The minimum Gasteiger partial charge on any atom is -0.493 e. The molecule has 5 nitrogen and oxygen atoms in total. The summed E-state index contributed by atoms with van der Waals surface area (Å²) in [6, 6.07) is 9.34. The van der Waals surface area contributed by atoms with Crippen LogP contribution in [0.3, 0.4) is 0 Å². The average molecular weight is 399 g/mol.